The van der Waals surface area contributed by atoms with Gasteiger partial charge in [0.25, 0.3) is 5.91 Å². The van der Waals surface area contributed by atoms with Crippen molar-refractivity contribution in [2.24, 2.45) is 0 Å². The summed E-state index contributed by atoms with van der Waals surface area (Å²) < 4.78 is 1.07. The number of thiophene rings is 1. The van der Waals surface area contributed by atoms with Gasteiger partial charge in [-0.3, -0.25) is 4.79 Å². The quantitative estimate of drug-likeness (QED) is 0.213. The summed E-state index contributed by atoms with van der Waals surface area (Å²) in [7, 11) is 0. The van der Waals surface area contributed by atoms with Gasteiger partial charge in [0.05, 0.1) is 5.56 Å². The van der Waals surface area contributed by atoms with Crippen molar-refractivity contribution in [2.45, 2.75) is 19.4 Å². The Balaban J connectivity index is 1.40. The molecule has 5 heteroatoms. The van der Waals surface area contributed by atoms with E-state index in [1.165, 1.54) is 16.3 Å². The summed E-state index contributed by atoms with van der Waals surface area (Å²) in [6.07, 6.45) is 0. The average Bonchev–Trinajstić information content (AvgIpc) is 3.43. The summed E-state index contributed by atoms with van der Waals surface area (Å²) in [5.74, 6) is -1.03. The fourth-order valence-corrected chi connectivity index (χ4v) is 6.30. The van der Waals surface area contributed by atoms with Crippen LogP contribution in [0.3, 0.4) is 0 Å². The molecule has 2 N–H and O–H groups in total. The van der Waals surface area contributed by atoms with E-state index in [0.717, 1.165) is 32.3 Å². The first kappa shape index (κ1) is 25.5. The van der Waals surface area contributed by atoms with Crippen LogP contribution in [0.4, 0.5) is 0 Å². The molecule has 0 bridgehead atoms. The Morgan fingerprint density at radius 2 is 1.52 bits per heavy atom. The lowest BCUT2D eigenvalue weighted by atomic mass is 9.89. The lowest BCUT2D eigenvalue weighted by Crippen LogP contribution is -2.23. The molecule has 40 heavy (non-hydrogen) atoms. The zero-order valence-corrected chi connectivity index (χ0v) is 22.7. The normalized spacial score (nSPS) is 11.9. The molecule has 6 rings (SSSR count). The van der Waals surface area contributed by atoms with Crippen LogP contribution in [0.2, 0.25) is 0 Å². The maximum atomic E-state index is 13.8. The summed E-state index contributed by atoms with van der Waals surface area (Å²) in [6, 6.07) is 35.8. The zero-order valence-electron chi connectivity index (χ0n) is 21.9. The fraction of sp³-hybridized carbons (Fsp3) is 0.0857. The molecule has 0 aliphatic rings. The van der Waals surface area contributed by atoms with Crippen molar-refractivity contribution in [2.75, 3.05) is 0 Å². The molecule has 1 aromatic heterocycles. The Bertz CT molecular complexity index is 1860. The van der Waals surface area contributed by atoms with Gasteiger partial charge in [0.1, 0.15) is 0 Å². The van der Waals surface area contributed by atoms with Crippen LogP contribution < -0.4 is 5.32 Å². The Kier molecular flexibility index (Phi) is 6.89. The molecule has 5 aromatic carbocycles. The average molecular weight is 542 g/mol. The van der Waals surface area contributed by atoms with Crippen LogP contribution in [0.5, 0.6) is 0 Å². The highest BCUT2D eigenvalue weighted by Crippen LogP contribution is 2.40. The third-order valence-corrected chi connectivity index (χ3v) is 8.40. The number of carbonyl (C=O) groups excluding carboxylic acids is 1. The largest absolute Gasteiger partial charge is 0.478 e. The van der Waals surface area contributed by atoms with Crippen molar-refractivity contribution in [3.05, 3.63) is 142 Å². The van der Waals surface area contributed by atoms with Crippen molar-refractivity contribution in [3.8, 4) is 11.1 Å². The van der Waals surface area contributed by atoms with Crippen molar-refractivity contribution in [1.29, 1.82) is 0 Å². The van der Waals surface area contributed by atoms with Gasteiger partial charge in [-0.2, -0.15) is 0 Å². The third-order valence-electron chi connectivity index (χ3n) is 7.45. The van der Waals surface area contributed by atoms with Gasteiger partial charge in [-0.25, -0.2) is 4.79 Å². The lowest BCUT2D eigenvalue weighted by Gasteiger charge is -2.16. The molecule has 0 fully saturated rings. The molecule has 0 aliphatic carbocycles. The molecule has 1 heterocycles. The lowest BCUT2D eigenvalue weighted by molar-refractivity contribution is 0.0696. The third kappa shape index (κ3) is 4.99. The standard InChI is InChI=1S/C35H27NO3S/c1-22(27-16-15-25-9-5-6-10-28(25)17-27)31-21-40-32-19-29(24-7-3-2-4-8-24)18-30(33(31)32)34(37)36-20-23-11-13-26(14-12-23)35(38)39/h2-19,21-22H,20H2,1H3,(H,36,37)(H,38,39)/t22-/m0/s1. The van der Waals surface area contributed by atoms with Crippen LogP contribution in [0.25, 0.3) is 32.0 Å². The highest BCUT2D eigenvalue weighted by molar-refractivity contribution is 7.17. The Labute approximate surface area is 236 Å². The summed E-state index contributed by atoms with van der Waals surface area (Å²) in [6.45, 7) is 2.50. The molecule has 0 unspecified atom stereocenters. The molecule has 4 nitrogen and oxygen atoms in total. The first-order valence-corrected chi connectivity index (χ1v) is 14.1. The van der Waals surface area contributed by atoms with Gasteiger partial charge < -0.3 is 10.4 Å². The molecule has 0 spiro atoms. The highest BCUT2D eigenvalue weighted by Gasteiger charge is 2.21. The number of aromatic carboxylic acids is 1. The summed E-state index contributed by atoms with van der Waals surface area (Å²) >= 11 is 1.66. The maximum absolute atomic E-state index is 13.8. The molecule has 0 aliphatic heterocycles. The minimum Gasteiger partial charge on any atom is -0.478 e. The minimum atomic E-state index is -0.971. The number of carboxylic acid groups (broad SMARTS) is 1. The molecule has 196 valence electrons. The van der Waals surface area contributed by atoms with Crippen molar-refractivity contribution in [1.82, 2.24) is 5.32 Å². The van der Waals surface area contributed by atoms with Crippen molar-refractivity contribution < 1.29 is 14.7 Å². The van der Waals surface area contributed by atoms with E-state index >= 15 is 0 Å². The van der Waals surface area contributed by atoms with Crippen LogP contribution in [-0.2, 0) is 6.54 Å². The van der Waals surface area contributed by atoms with Gasteiger partial charge >= 0.3 is 5.97 Å². The minimum absolute atomic E-state index is 0.0936. The van der Waals surface area contributed by atoms with Crippen LogP contribution in [0, 0.1) is 0 Å². The second-order valence-corrected chi connectivity index (χ2v) is 10.9. The first-order chi connectivity index (χ1) is 19.5. The SMILES string of the molecule is C[C@@H](c1ccc2ccccc2c1)c1csc2cc(-c3ccccc3)cc(C(=O)NCc3ccc(C(=O)O)cc3)c12. The molecule has 0 radical (unpaired) electrons. The van der Waals surface area contributed by atoms with Crippen molar-refractivity contribution >= 4 is 44.1 Å². The molecule has 0 saturated carbocycles. The Morgan fingerprint density at radius 1 is 0.800 bits per heavy atom. The van der Waals surface area contributed by atoms with Gasteiger partial charge in [-0.05, 0) is 68.2 Å². The van der Waals surface area contributed by atoms with E-state index in [1.54, 1.807) is 35.6 Å². The van der Waals surface area contributed by atoms with Crippen molar-refractivity contribution in [3.63, 3.8) is 0 Å². The van der Waals surface area contributed by atoms with E-state index in [1.807, 2.05) is 30.3 Å². The van der Waals surface area contributed by atoms with E-state index in [9.17, 15) is 14.7 Å². The fourth-order valence-electron chi connectivity index (χ4n) is 5.19. The van der Waals surface area contributed by atoms with E-state index < -0.39 is 5.97 Å². The number of carbonyl (C=O) groups is 2. The molecular weight excluding hydrogens is 514 g/mol. The summed E-state index contributed by atoms with van der Waals surface area (Å²) in [4.78, 5) is 25.0. The number of rotatable bonds is 7. The van der Waals surface area contributed by atoms with E-state index in [-0.39, 0.29) is 17.4 Å². The van der Waals surface area contributed by atoms with E-state index in [4.69, 9.17) is 0 Å². The number of hydrogen-bond acceptors (Lipinski definition) is 3. The number of benzene rings is 5. The van der Waals surface area contributed by atoms with Crippen LogP contribution in [0.1, 0.15) is 50.2 Å². The monoisotopic (exact) mass is 541 g/mol. The highest BCUT2D eigenvalue weighted by atomic mass is 32.1. The molecule has 0 saturated heterocycles. The van der Waals surface area contributed by atoms with Gasteiger partial charge in [0, 0.05) is 28.1 Å². The number of hydrogen-bond donors (Lipinski definition) is 2. The predicted molar refractivity (Wildman–Crippen MR) is 163 cm³/mol. The number of carboxylic acids is 1. The Morgan fingerprint density at radius 3 is 2.27 bits per heavy atom. The molecular formula is C35H27NO3S. The van der Waals surface area contributed by atoms with Gasteiger partial charge in [-0.15, -0.1) is 11.3 Å². The van der Waals surface area contributed by atoms with Crippen LogP contribution >= 0.6 is 11.3 Å². The molecule has 6 aromatic rings. The second-order valence-electron chi connectivity index (χ2n) is 9.97. The van der Waals surface area contributed by atoms with Crippen LogP contribution in [0.15, 0.2) is 115 Å². The van der Waals surface area contributed by atoms with Gasteiger partial charge in [0.15, 0.2) is 0 Å². The molecule has 1 atom stereocenters. The van der Waals surface area contributed by atoms with Gasteiger partial charge in [-0.1, -0.05) is 91.9 Å². The number of fused-ring (bicyclic) bond motifs is 2. The topological polar surface area (TPSA) is 66.4 Å². The zero-order chi connectivity index (χ0) is 27.6. The van der Waals surface area contributed by atoms with E-state index in [0.29, 0.717) is 12.1 Å². The number of amides is 1. The predicted octanol–water partition coefficient (Wildman–Crippen LogP) is 8.50. The van der Waals surface area contributed by atoms with Gasteiger partial charge in [0.2, 0.25) is 0 Å². The van der Waals surface area contributed by atoms with E-state index in [2.05, 4.69) is 72.2 Å². The van der Waals surface area contributed by atoms with Crippen LogP contribution in [-0.4, -0.2) is 17.0 Å². The second kappa shape index (κ2) is 10.8. The Hall–Kier alpha value is -4.74. The number of nitrogens with one attached hydrogen (secondary N) is 1. The maximum Gasteiger partial charge on any atom is 0.335 e. The smallest absolute Gasteiger partial charge is 0.335 e. The summed E-state index contributed by atoms with van der Waals surface area (Å²) in [5.41, 5.74) is 6.08. The first-order valence-electron chi connectivity index (χ1n) is 13.2. The summed E-state index contributed by atoms with van der Waals surface area (Å²) in [5, 5.41) is 17.8. The molecule has 1 amide bonds.